The average Bonchev–Trinajstić information content (AvgIpc) is 2.66. The van der Waals surface area contributed by atoms with Crippen molar-refractivity contribution in [3.8, 4) is 0 Å². The summed E-state index contributed by atoms with van der Waals surface area (Å²) in [5.74, 6) is -0.933. The van der Waals surface area contributed by atoms with Gasteiger partial charge in [0.2, 0.25) is 0 Å². The summed E-state index contributed by atoms with van der Waals surface area (Å²) in [4.78, 5) is 24.4. The van der Waals surface area contributed by atoms with E-state index in [1.807, 2.05) is 50.2 Å². The lowest BCUT2D eigenvalue weighted by molar-refractivity contribution is -0.145. The Morgan fingerprint density at radius 3 is 2.12 bits per heavy atom. The zero-order chi connectivity index (χ0) is 19.0. The van der Waals surface area contributed by atoms with Crippen LogP contribution in [0.1, 0.15) is 48.5 Å². The van der Waals surface area contributed by atoms with Gasteiger partial charge in [-0.25, -0.2) is 4.79 Å². The van der Waals surface area contributed by atoms with E-state index >= 15 is 0 Å². The first kappa shape index (κ1) is 19.7. The van der Waals surface area contributed by atoms with E-state index in [9.17, 15) is 9.59 Å². The largest absolute Gasteiger partial charge is 0.469 e. The zero-order valence-corrected chi connectivity index (χ0v) is 15.6. The second-order valence-electron chi connectivity index (χ2n) is 6.96. The minimum Gasteiger partial charge on any atom is -0.469 e. The number of carbonyl (C=O) groups is 2. The molecule has 0 N–H and O–H groups in total. The molecule has 0 spiro atoms. The number of benzene rings is 2. The van der Waals surface area contributed by atoms with E-state index in [1.165, 1.54) is 7.11 Å². The second kappa shape index (κ2) is 9.18. The highest BCUT2D eigenvalue weighted by Gasteiger charge is 2.36. The number of ether oxygens (including phenoxy) is 2. The molecular weight excluding hydrogens is 328 g/mol. The van der Waals surface area contributed by atoms with Crippen LogP contribution >= 0.6 is 0 Å². The Hall–Kier alpha value is -2.62. The van der Waals surface area contributed by atoms with Crippen molar-refractivity contribution in [2.45, 2.75) is 32.6 Å². The van der Waals surface area contributed by atoms with Gasteiger partial charge in [0.1, 0.15) is 0 Å². The summed E-state index contributed by atoms with van der Waals surface area (Å²) in [6.07, 6.45) is 1.40. The second-order valence-corrected chi connectivity index (χ2v) is 6.96. The molecule has 2 rings (SSSR count). The Balaban J connectivity index is 1.95. The maximum absolute atomic E-state index is 12.4. The van der Waals surface area contributed by atoms with E-state index in [0.717, 1.165) is 12.0 Å². The molecule has 0 heterocycles. The molecule has 4 heteroatoms. The van der Waals surface area contributed by atoms with E-state index in [1.54, 1.807) is 24.3 Å². The van der Waals surface area contributed by atoms with Gasteiger partial charge in [0.15, 0.2) is 0 Å². The van der Waals surface area contributed by atoms with Gasteiger partial charge in [-0.05, 0) is 36.0 Å². The SMILES string of the molecule is COC(=O)C(c1ccccc1)C(C)(C)CCCOC(=O)c1ccccc1. The molecule has 0 saturated heterocycles. The van der Waals surface area contributed by atoms with Gasteiger partial charge < -0.3 is 9.47 Å². The fourth-order valence-electron chi connectivity index (χ4n) is 3.16. The first-order valence-corrected chi connectivity index (χ1v) is 8.80. The van der Waals surface area contributed by atoms with E-state index in [4.69, 9.17) is 9.47 Å². The van der Waals surface area contributed by atoms with Gasteiger partial charge in [-0.15, -0.1) is 0 Å². The first-order valence-electron chi connectivity index (χ1n) is 8.80. The molecule has 1 atom stereocenters. The third-order valence-electron chi connectivity index (χ3n) is 4.56. The van der Waals surface area contributed by atoms with Crippen molar-refractivity contribution in [1.29, 1.82) is 0 Å². The number of hydrogen-bond donors (Lipinski definition) is 0. The van der Waals surface area contributed by atoms with E-state index in [2.05, 4.69) is 0 Å². The smallest absolute Gasteiger partial charge is 0.338 e. The highest BCUT2D eigenvalue weighted by Crippen LogP contribution is 2.40. The Morgan fingerprint density at radius 2 is 1.54 bits per heavy atom. The summed E-state index contributed by atoms with van der Waals surface area (Å²) in [5, 5.41) is 0. The molecule has 0 aliphatic heterocycles. The lowest BCUT2D eigenvalue weighted by atomic mass is 9.72. The molecule has 0 aromatic heterocycles. The van der Waals surface area contributed by atoms with Gasteiger partial charge in [0, 0.05) is 0 Å². The first-order chi connectivity index (χ1) is 12.5. The van der Waals surface area contributed by atoms with Crippen LogP contribution < -0.4 is 0 Å². The normalized spacial score (nSPS) is 12.3. The topological polar surface area (TPSA) is 52.6 Å². The standard InChI is InChI=1S/C22H26O4/c1-22(2,19(21(24)25-3)17-11-6-4-7-12-17)15-10-16-26-20(23)18-13-8-5-9-14-18/h4-9,11-14,19H,10,15-16H2,1-3H3. The van der Waals surface area contributed by atoms with Crippen molar-refractivity contribution in [3.05, 3.63) is 71.8 Å². The third kappa shape index (κ3) is 5.19. The fraction of sp³-hybridized carbons (Fsp3) is 0.364. The van der Waals surface area contributed by atoms with Crippen molar-refractivity contribution >= 4 is 11.9 Å². The van der Waals surface area contributed by atoms with Crippen LogP contribution in [0.2, 0.25) is 0 Å². The molecule has 0 aliphatic rings. The molecular formula is C22H26O4. The number of carbonyl (C=O) groups excluding carboxylic acids is 2. The van der Waals surface area contributed by atoms with Gasteiger partial charge in [0.05, 0.1) is 25.2 Å². The van der Waals surface area contributed by atoms with Gasteiger partial charge >= 0.3 is 11.9 Å². The minimum absolute atomic E-state index is 0.248. The van der Waals surface area contributed by atoms with Crippen molar-refractivity contribution < 1.29 is 19.1 Å². The number of methoxy groups -OCH3 is 1. The summed E-state index contributed by atoms with van der Waals surface area (Å²) in [6.45, 7) is 4.40. The molecule has 2 aromatic carbocycles. The van der Waals surface area contributed by atoms with Crippen LogP contribution in [-0.4, -0.2) is 25.7 Å². The van der Waals surface area contributed by atoms with Crippen LogP contribution in [0.3, 0.4) is 0 Å². The predicted molar refractivity (Wildman–Crippen MR) is 101 cm³/mol. The van der Waals surface area contributed by atoms with Gasteiger partial charge in [-0.1, -0.05) is 62.4 Å². The fourth-order valence-corrected chi connectivity index (χ4v) is 3.16. The zero-order valence-electron chi connectivity index (χ0n) is 15.6. The van der Waals surface area contributed by atoms with Crippen LogP contribution in [0.25, 0.3) is 0 Å². The van der Waals surface area contributed by atoms with Crippen LogP contribution in [0.15, 0.2) is 60.7 Å². The lowest BCUT2D eigenvalue weighted by Crippen LogP contribution is -2.30. The predicted octanol–water partition coefficient (Wildman–Crippen LogP) is 4.61. The molecule has 0 radical (unpaired) electrons. The summed E-state index contributed by atoms with van der Waals surface area (Å²) in [5.41, 5.74) is 1.15. The van der Waals surface area contributed by atoms with Crippen molar-refractivity contribution in [1.82, 2.24) is 0 Å². The molecule has 0 bridgehead atoms. The Morgan fingerprint density at radius 1 is 0.962 bits per heavy atom. The summed E-state index contributed by atoms with van der Waals surface area (Å²) < 4.78 is 10.4. The van der Waals surface area contributed by atoms with Gasteiger partial charge in [0.25, 0.3) is 0 Å². The third-order valence-corrected chi connectivity index (χ3v) is 4.56. The van der Waals surface area contributed by atoms with Gasteiger partial charge in [-0.2, -0.15) is 0 Å². The van der Waals surface area contributed by atoms with Crippen LogP contribution in [0.4, 0.5) is 0 Å². The monoisotopic (exact) mass is 354 g/mol. The Bertz CT molecular complexity index is 707. The molecule has 0 saturated carbocycles. The van der Waals surface area contributed by atoms with Gasteiger partial charge in [-0.3, -0.25) is 4.79 Å². The molecule has 2 aromatic rings. The van der Waals surface area contributed by atoms with E-state index in [-0.39, 0.29) is 23.3 Å². The lowest BCUT2D eigenvalue weighted by Gasteiger charge is -2.32. The van der Waals surface area contributed by atoms with Crippen molar-refractivity contribution in [2.24, 2.45) is 5.41 Å². The maximum Gasteiger partial charge on any atom is 0.338 e. The quantitative estimate of drug-likeness (QED) is 0.513. The Labute approximate surface area is 155 Å². The summed E-state index contributed by atoms with van der Waals surface area (Å²) in [7, 11) is 1.41. The maximum atomic E-state index is 12.4. The average molecular weight is 354 g/mol. The molecule has 1 unspecified atom stereocenters. The van der Waals surface area contributed by atoms with E-state index in [0.29, 0.717) is 18.6 Å². The molecule has 138 valence electrons. The molecule has 0 amide bonds. The number of hydrogen-bond acceptors (Lipinski definition) is 4. The van der Waals surface area contributed by atoms with Crippen molar-refractivity contribution in [3.63, 3.8) is 0 Å². The highest BCUT2D eigenvalue weighted by atomic mass is 16.5. The summed E-state index contributed by atoms with van der Waals surface area (Å²) in [6, 6.07) is 18.6. The molecule has 0 aliphatic carbocycles. The van der Waals surface area contributed by atoms with E-state index < -0.39 is 0 Å². The van der Waals surface area contributed by atoms with Crippen molar-refractivity contribution in [2.75, 3.05) is 13.7 Å². The van der Waals surface area contributed by atoms with Crippen LogP contribution in [0, 0.1) is 5.41 Å². The Kier molecular flexibility index (Phi) is 6.96. The molecule has 0 fully saturated rings. The minimum atomic E-state index is -0.362. The number of rotatable bonds is 8. The highest BCUT2D eigenvalue weighted by molar-refractivity contribution is 5.89. The molecule has 26 heavy (non-hydrogen) atoms. The summed E-state index contributed by atoms with van der Waals surface area (Å²) >= 11 is 0. The molecule has 4 nitrogen and oxygen atoms in total. The van der Waals surface area contributed by atoms with Crippen LogP contribution in [-0.2, 0) is 14.3 Å². The number of esters is 2. The van der Waals surface area contributed by atoms with Crippen LogP contribution in [0.5, 0.6) is 0 Å².